The zero-order chi connectivity index (χ0) is 13.3. The second-order valence-electron chi connectivity index (χ2n) is 5.03. The van der Waals surface area contributed by atoms with Crippen LogP contribution < -0.4 is 4.74 Å². The molecule has 0 spiro atoms. The molecule has 2 heterocycles. The third-order valence-electron chi connectivity index (χ3n) is 3.47. The van der Waals surface area contributed by atoms with E-state index in [0.717, 1.165) is 25.7 Å². The third kappa shape index (κ3) is 2.87. The van der Waals surface area contributed by atoms with Crippen molar-refractivity contribution in [2.24, 2.45) is 0 Å². The molecule has 104 valence electrons. The van der Waals surface area contributed by atoms with Gasteiger partial charge in [0.2, 0.25) is 15.9 Å². The predicted octanol–water partition coefficient (Wildman–Crippen LogP) is 0.812. The molecule has 7 heteroatoms. The summed E-state index contributed by atoms with van der Waals surface area (Å²) in [5.74, 6) is 0.457. The summed E-state index contributed by atoms with van der Waals surface area (Å²) in [6.07, 6.45) is 7.86. The van der Waals surface area contributed by atoms with Crippen LogP contribution >= 0.6 is 0 Å². The highest BCUT2D eigenvalue weighted by molar-refractivity contribution is 7.90. The molecule has 1 saturated carbocycles. The predicted molar refractivity (Wildman–Crippen MR) is 69.2 cm³/mol. The summed E-state index contributed by atoms with van der Waals surface area (Å²) in [4.78, 5) is 7.99. The number of hydrogen-bond donors (Lipinski definition) is 0. The second kappa shape index (κ2) is 5.05. The Labute approximate surface area is 112 Å². The summed E-state index contributed by atoms with van der Waals surface area (Å²) in [7, 11) is -3.10. The van der Waals surface area contributed by atoms with Crippen molar-refractivity contribution >= 4 is 10.0 Å². The van der Waals surface area contributed by atoms with Crippen LogP contribution in [0.5, 0.6) is 5.88 Å². The topological polar surface area (TPSA) is 72.4 Å². The average Bonchev–Trinajstić information content (AvgIpc) is 3.25. The van der Waals surface area contributed by atoms with Gasteiger partial charge >= 0.3 is 0 Å². The first kappa shape index (κ1) is 12.8. The number of ether oxygens (including phenoxy) is 1. The van der Waals surface area contributed by atoms with Gasteiger partial charge in [-0.25, -0.2) is 13.4 Å². The molecule has 19 heavy (non-hydrogen) atoms. The fourth-order valence-electron chi connectivity index (χ4n) is 2.33. The van der Waals surface area contributed by atoms with Gasteiger partial charge in [0.1, 0.15) is 6.10 Å². The molecule has 3 rings (SSSR count). The molecule has 0 bridgehead atoms. The van der Waals surface area contributed by atoms with Crippen LogP contribution in [-0.4, -0.2) is 47.1 Å². The van der Waals surface area contributed by atoms with Gasteiger partial charge in [-0.05, 0) is 25.7 Å². The number of aromatic nitrogens is 2. The van der Waals surface area contributed by atoms with Crippen molar-refractivity contribution in [2.75, 3.05) is 13.1 Å². The molecule has 0 unspecified atom stereocenters. The molecule has 1 aliphatic heterocycles. The summed E-state index contributed by atoms with van der Waals surface area (Å²) in [6, 6.07) is 0. The zero-order valence-corrected chi connectivity index (χ0v) is 11.4. The zero-order valence-electron chi connectivity index (χ0n) is 10.6. The molecule has 0 radical (unpaired) electrons. The highest BCUT2D eigenvalue weighted by Crippen LogP contribution is 2.32. The van der Waals surface area contributed by atoms with Crippen LogP contribution in [0.1, 0.15) is 25.7 Å². The fraction of sp³-hybridized carbons (Fsp3) is 0.667. The summed E-state index contributed by atoms with van der Waals surface area (Å²) in [5.41, 5.74) is 0. The smallest absolute Gasteiger partial charge is 0.232 e. The molecule has 2 fully saturated rings. The number of hydrogen-bond acceptors (Lipinski definition) is 5. The van der Waals surface area contributed by atoms with Crippen LogP contribution in [0.25, 0.3) is 0 Å². The molecule has 1 aromatic rings. The maximum atomic E-state index is 12.2. The lowest BCUT2D eigenvalue weighted by atomic mass is 10.1. The SMILES string of the molecule is O=S(=O)(C1CC1)N1CCC[C@H](Oc2cnccn2)C1. The lowest BCUT2D eigenvalue weighted by Crippen LogP contribution is -2.45. The molecular formula is C12H17N3O3S. The highest BCUT2D eigenvalue weighted by atomic mass is 32.2. The Balaban J connectivity index is 1.65. The van der Waals surface area contributed by atoms with E-state index in [0.29, 0.717) is 19.0 Å². The summed E-state index contributed by atoms with van der Waals surface area (Å²) in [5, 5.41) is -0.150. The van der Waals surface area contributed by atoms with Crippen molar-refractivity contribution < 1.29 is 13.2 Å². The first-order valence-electron chi connectivity index (χ1n) is 6.58. The first-order chi connectivity index (χ1) is 9.16. The molecule has 6 nitrogen and oxygen atoms in total. The summed E-state index contributed by atoms with van der Waals surface area (Å²) >= 11 is 0. The lowest BCUT2D eigenvalue weighted by molar-refractivity contribution is 0.124. The van der Waals surface area contributed by atoms with Crippen LogP contribution in [0.4, 0.5) is 0 Å². The summed E-state index contributed by atoms with van der Waals surface area (Å²) in [6.45, 7) is 1.04. The van der Waals surface area contributed by atoms with Crippen molar-refractivity contribution in [3.8, 4) is 5.88 Å². The quantitative estimate of drug-likeness (QED) is 0.817. The van der Waals surface area contributed by atoms with Gasteiger partial charge in [-0.3, -0.25) is 4.98 Å². The second-order valence-corrected chi connectivity index (χ2v) is 7.24. The van der Waals surface area contributed by atoms with Gasteiger partial charge in [0.25, 0.3) is 0 Å². The molecular weight excluding hydrogens is 266 g/mol. The van der Waals surface area contributed by atoms with E-state index in [1.54, 1.807) is 22.9 Å². The lowest BCUT2D eigenvalue weighted by Gasteiger charge is -2.31. The van der Waals surface area contributed by atoms with E-state index in [1.165, 1.54) is 0 Å². The van der Waals surface area contributed by atoms with Crippen molar-refractivity contribution in [3.05, 3.63) is 18.6 Å². The summed E-state index contributed by atoms with van der Waals surface area (Å²) < 4.78 is 31.7. The number of piperidine rings is 1. The minimum Gasteiger partial charge on any atom is -0.472 e. The largest absolute Gasteiger partial charge is 0.472 e. The van der Waals surface area contributed by atoms with E-state index in [1.807, 2.05) is 0 Å². The normalized spacial score (nSPS) is 25.2. The maximum absolute atomic E-state index is 12.2. The molecule has 1 saturated heterocycles. The van der Waals surface area contributed by atoms with Crippen LogP contribution in [0.15, 0.2) is 18.6 Å². The number of rotatable bonds is 4. The van der Waals surface area contributed by atoms with Crippen molar-refractivity contribution in [1.82, 2.24) is 14.3 Å². The van der Waals surface area contributed by atoms with Crippen molar-refractivity contribution in [2.45, 2.75) is 37.0 Å². The monoisotopic (exact) mass is 283 g/mol. The molecule has 0 amide bonds. The molecule has 1 aromatic heterocycles. The third-order valence-corrected chi connectivity index (χ3v) is 5.84. The van der Waals surface area contributed by atoms with Crippen molar-refractivity contribution in [3.63, 3.8) is 0 Å². The van der Waals surface area contributed by atoms with E-state index in [4.69, 9.17) is 4.74 Å². The van der Waals surface area contributed by atoms with E-state index >= 15 is 0 Å². The molecule has 1 atom stereocenters. The van der Waals surface area contributed by atoms with Crippen molar-refractivity contribution in [1.29, 1.82) is 0 Å². The Bertz CT molecular complexity index is 530. The Morgan fingerprint density at radius 2 is 2.11 bits per heavy atom. The maximum Gasteiger partial charge on any atom is 0.232 e. The Morgan fingerprint density at radius 1 is 1.26 bits per heavy atom. The van der Waals surface area contributed by atoms with E-state index in [2.05, 4.69) is 9.97 Å². The van der Waals surface area contributed by atoms with Crippen LogP contribution in [0, 0.1) is 0 Å². The number of sulfonamides is 1. The Kier molecular flexibility index (Phi) is 3.40. The highest BCUT2D eigenvalue weighted by Gasteiger charge is 2.41. The van der Waals surface area contributed by atoms with E-state index in [9.17, 15) is 8.42 Å². The van der Waals surface area contributed by atoms with Gasteiger partial charge in [-0.15, -0.1) is 0 Å². The average molecular weight is 283 g/mol. The van der Waals surface area contributed by atoms with Crippen LogP contribution in [-0.2, 0) is 10.0 Å². The van der Waals surface area contributed by atoms with Gasteiger partial charge in [0.05, 0.1) is 18.0 Å². The first-order valence-corrected chi connectivity index (χ1v) is 8.08. The Hall–Kier alpha value is -1.21. The van der Waals surface area contributed by atoms with Gasteiger partial charge in [0.15, 0.2) is 0 Å². The fourth-order valence-corrected chi connectivity index (χ4v) is 4.24. The van der Waals surface area contributed by atoms with Crippen LogP contribution in [0.2, 0.25) is 0 Å². The molecule has 2 aliphatic rings. The van der Waals surface area contributed by atoms with Gasteiger partial charge in [0, 0.05) is 18.9 Å². The standard InChI is InChI=1S/C12H17N3O3S/c16-19(17,11-3-4-11)15-7-1-2-10(9-15)18-12-8-13-5-6-14-12/h5-6,8,10-11H,1-4,7,9H2/t10-/m0/s1. The van der Waals surface area contributed by atoms with E-state index in [-0.39, 0.29) is 11.4 Å². The van der Waals surface area contributed by atoms with Crippen LogP contribution in [0.3, 0.4) is 0 Å². The molecule has 0 aromatic carbocycles. The van der Waals surface area contributed by atoms with E-state index < -0.39 is 10.0 Å². The Morgan fingerprint density at radius 3 is 2.79 bits per heavy atom. The number of nitrogens with zero attached hydrogens (tertiary/aromatic N) is 3. The molecule has 1 aliphatic carbocycles. The van der Waals surface area contributed by atoms with Gasteiger partial charge < -0.3 is 4.74 Å². The van der Waals surface area contributed by atoms with Gasteiger partial charge in [-0.2, -0.15) is 4.31 Å². The molecule has 0 N–H and O–H groups in total. The van der Waals surface area contributed by atoms with Gasteiger partial charge in [-0.1, -0.05) is 0 Å². The minimum absolute atomic E-state index is 0.126. The minimum atomic E-state index is -3.10.